The summed E-state index contributed by atoms with van der Waals surface area (Å²) in [5, 5.41) is 10.2. The lowest BCUT2D eigenvalue weighted by atomic mass is 9.93. The molecular formula is C19H23FN4O3. The molecule has 144 valence electrons. The molecule has 7 nitrogen and oxygen atoms in total. The average molecular weight is 374 g/mol. The molecule has 3 heterocycles. The highest BCUT2D eigenvalue weighted by atomic mass is 19.1. The molecule has 0 aliphatic carbocycles. The standard InChI is InChI=1S/C19H23FN4O3/c1-19(2)9-12(6-7-27-19)21-18(26)11-8-15(25)24(10-11)17-16-13(20)4-3-5-14(16)22-23-17/h3-5,11-12H,6-10H2,1-2H3,(H,21,26)(H,22,23)/t11-,12-/m1/s1. The van der Waals surface area contributed by atoms with Gasteiger partial charge < -0.3 is 10.1 Å². The number of benzene rings is 1. The van der Waals surface area contributed by atoms with Gasteiger partial charge in [0.1, 0.15) is 5.82 Å². The smallest absolute Gasteiger partial charge is 0.229 e. The summed E-state index contributed by atoms with van der Waals surface area (Å²) in [6.07, 6.45) is 1.59. The minimum Gasteiger partial charge on any atom is -0.375 e. The van der Waals surface area contributed by atoms with Crippen LogP contribution in [0.5, 0.6) is 0 Å². The normalized spacial score (nSPS) is 25.1. The molecule has 27 heavy (non-hydrogen) atoms. The number of hydrogen-bond donors (Lipinski definition) is 2. The van der Waals surface area contributed by atoms with Gasteiger partial charge >= 0.3 is 0 Å². The van der Waals surface area contributed by atoms with Crippen molar-refractivity contribution in [3.63, 3.8) is 0 Å². The minimum atomic E-state index is -0.470. The predicted molar refractivity (Wildman–Crippen MR) is 97.7 cm³/mol. The topological polar surface area (TPSA) is 87.3 Å². The predicted octanol–water partition coefficient (Wildman–Crippen LogP) is 2.13. The maximum atomic E-state index is 14.2. The number of amides is 2. The molecule has 2 atom stereocenters. The lowest BCUT2D eigenvalue weighted by Crippen LogP contribution is -2.47. The number of hydrogen-bond acceptors (Lipinski definition) is 4. The van der Waals surface area contributed by atoms with E-state index >= 15 is 0 Å². The highest BCUT2D eigenvalue weighted by Gasteiger charge is 2.39. The molecule has 2 amide bonds. The Hall–Kier alpha value is -2.48. The summed E-state index contributed by atoms with van der Waals surface area (Å²) in [4.78, 5) is 26.6. The molecular weight excluding hydrogens is 351 g/mol. The Bertz CT molecular complexity index is 894. The van der Waals surface area contributed by atoms with Crippen molar-refractivity contribution >= 4 is 28.5 Å². The number of ether oxygens (including phenoxy) is 1. The maximum Gasteiger partial charge on any atom is 0.229 e. The van der Waals surface area contributed by atoms with Gasteiger partial charge in [0.2, 0.25) is 11.8 Å². The van der Waals surface area contributed by atoms with Crippen molar-refractivity contribution in [2.75, 3.05) is 18.1 Å². The highest BCUT2D eigenvalue weighted by molar-refractivity contribution is 6.05. The number of anilines is 1. The van der Waals surface area contributed by atoms with Crippen molar-refractivity contribution in [1.29, 1.82) is 0 Å². The van der Waals surface area contributed by atoms with E-state index in [1.807, 2.05) is 13.8 Å². The van der Waals surface area contributed by atoms with E-state index in [9.17, 15) is 14.0 Å². The van der Waals surface area contributed by atoms with Gasteiger partial charge in [-0.1, -0.05) is 6.07 Å². The van der Waals surface area contributed by atoms with Crippen LogP contribution in [0.15, 0.2) is 18.2 Å². The molecule has 1 aromatic heterocycles. The summed E-state index contributed by atoms with van der Waals surface area (Å²) in [6, 6.07) is 4.65. The fraction of sp³-hybridized carbons (Fsp3) is 0.526. The van der Waals surface area contributed by atoms with E-state index < -0.39 is 11.7 Å². The molecule has 2 aliphatic rings. The highest BCUT2D eigenvalue weighted by Crippen LogP contribution is 2.32. The lowest BCUT2D eigenvalue weighted by Gasteiger charge is -2.36. The Morgan fingerprint density at radius 2 is 2.26 bits per heavy atom. The van der Waals surface area contributed by atoms with Gasteiger partial charge in [0.15, 0.2) is 5.82 Å². The molecule has 0 bridgehead atoms. The van der Waals surface area contributed by atoms with Gasteiger partial charge in [0, 0.05) is 25.6 Å². The van der Waals surface area contributed by atoms with Crippen LogP contribution in [0.25, 0.3) is 10.9 Å². The second kappa shape index (κ2) is 6.60. The largest absolute Gasteiger partial charge is 0.375 e. The van der Waals surface area contributed by atoms with Gasteiger partial charge in [0.05, 0.1) is 22.4 Å². The third-order valence-corrected chi connectivity index (χ3v) is 5.31. The number of aromatic nitrogens is 2. The van der Waals surface area contributed by atoms with Crippen molar-refractivity contribution in [2.24, 2.45) is 5.92 Å². The molecule has 2 saturated heterocycles. The molecule has 4 rings (SSSR count). The van der Waals surface area contributed by atoms with E-state index in [1.54, 1.807) is 12.1 Å². The Morgan fingerprint density at radius 3 is 3.04 bits per heavy atom. The van der Waals surface area contributed by atoms with Gasteiger partial charge in [-0.25, -0.2) is 4.39 Å². The Labute approximate surface area is 156 Å². The van der Waals surface area contributed by atoms with Crippen LogP contribution >= 0.6 is 0 Å². The summed E-state index contributed by atoms with van der Waals surface area (Å²) < 4.78 is 19.9. The van der Waals surface area contributed by atoms with E-state index in [0.717, 1.165) is 12.8 Å². The molecule has 8 heteroatoms. The minimum absolute atomic E-state index is 0.0362. The molecule has 2 aromatic rings. The SMILES string of the molecule is CC1(C)C[C@H](NC(=O)[C@@H]2CC(=O)N(c3n[nH]c4cccc(F)c34)C2)CCO1. The Balaban J connectivity index is 1.48. The molecule has 2 N–H and O–H groups in total. The van der Waals surface area contributed by atoms with Crippen molar-refractivity contribution in [2.45, 2.75) is 44.8 Å². The first-order chi connectivity index (χ1) is 12.8. The first-order valence-corrected chi connectivity index (χ1v) is 9.21. The number of fused-ring (bicyclic) bond motifs is 1. The Kier molecular flexibility index (Phi) is 4.38. The first-order valence-electron chi connectivity index (χ1n) is 9.21. The Morgan fingerprint density at radius 1 is 1.44 bits per heavy atom. The van der Waals surface area contributed by atoms with Crippen LogP contribution in [-0.4, -0.2) is 46.8 Å². The monoisotopic (exact) mass is 374 g/mol. The first kappa shape index (κ1) is 17.9. The zero-order chi connectivity index (χ0) is 19.2. The van der Waals surface area contributed by atoms with E-state index in [-0.39, 0.29) is 47.6 Å². The van der Waals surface area contributed by atoms with Gasteiger partial charge in [-0.15, -0.1) is 0 Å². The van der Waals surface area contributed by atoms with Gasteiger partial charge in [-0.3, -0.25) is 19.6 Å². The molecule has 1 aromatic carbocycles. The number of carbonyl (C=O) groups excluding carboxylic acids is 2. The van der Waals surface area contributed by atoms with Crippen molar-refractivity contribution in [3.05, 3.63) is 24.0 Å². The van der Waals surface area contributed by atoms with Crippen LogP contribution in [0.3, 0.4) is 0 Å². The van der Waals surface area contributed by atoms with E-state index in [4.69, 9.17) is 4.74 Å². The zero-order valence-electron chi connectivity index (χ0n) is 15.4. The van der Waals surface area contributed by atoms with Crippen molar-refractivity contribution < 1.29 is 18.7 Å². The third kappa shape index (κ3) is 3.41. The fourth-order valence-corrected chi connectivity index (χ4v) is 3.97. The summed E-state index contributed by atoms with van der Waals surface area (Å²) in [7, 11) is 0. The van der Waals surface area contributed by atoms with Gasteiger partial charge in [-0.05, 0) is 38.8 Å². The summed E-state index contributed by atoms with van der Waals surface area (Å²) >= 11 is 0. The van der Waals surface area contributed by atoms with E-state index in [1.165, 1.54) is 11.0 Å². The van der Waals surface area contributed by atoms with Crippen LogP contribution in [0.4, 0.5) is 10.2 Å². The second-order valence-corrected chi connectivity index (χ2v) is 7.92. The molecule has 2 fully saturated rings. The molecule has 0 saturated carbocycles. The van der Waals surface area contributed by atoms with Gasteiger partial charge in [0.25, 0.3) is 0 Å². The molecule has 0 radical (unpaired) electrons. The van der Waals surface area contributed by atoms with Crippen molar-refractivity contribution in [1.82, 2.24) is 15.5 Å². The molecule has 0 unspecified atom stereocenters. The second-order valence-electron chi connectivity index (χ2n) is 7.92. The van der Waals surface area contributed by atoms with Crippen LogP contribution in [-0.2, 0) is 14.3 Å². The number of carbonyl (C=O) groups is 2. The number of aromatic amines is 1. The van der Waals surface area contributed by atoms with Crippen LogP contribution < -0.4 is 10.2 Å². The van der Waals surface area contributed by atoms with Crippen molar-refractivity contribution in [3.8, 4) is 0 Å². The molecule has 0 spiro atoms. The van der Waals surface area contributed by atoms with E-state index in [0.29, 0.717) is 12.1 Å². The summed E-state index contributed by atoms with van der Waals surface area (Å²) in [6.45, 7) is 4.81. The molecule has 2 aliphatic heterocycles. The average Bonchev–Trinajstić information content (AvgIpc) is 3.18. The number of nitrogens with one attached hydrogen (secondary N) is 2. The number of nitrogens with zero attached hydrogens (tertiary/aromatic N) is 2. The number of halogens is 1. The fourth-order valence-electron chi connectivity index (χ4n) is 3.97. The van der Waals surface area contributed by atoms with E-state index in [2.05, 4.69) is 15.5 Å². The van der Waals surface area contributed by atoms with Gasteiger partial charge in [-0.2, -0.15) is 5.10 Å². The number of rotatable bonds is 3. The maximum absolute atomic E-state index is 14.2. The summed E-state index contributed by atoms with van der Waals surface area (Å²) in [5.74, 6) is -1.04. The summed E-state index contributed by atoms with van der Waals surface area (Å²) in [5.41, 5.74) is 0.259. The van der Waals surface area contributed by atoms with Crippen LogP contribution in [0, 0.1) is 11.7 Å². The lowest BCUT2D eigenvalue weighted by molar-refractivity contribution is -0.128. The zero-order valence-corrected chi connectivity index (χ0v) is 15.4. The third-order valence-electron chi connectivity index (χ3n) is 5.31. The van der Waals surface area contributed by atoms with Crippen LogP contribution in [0.1, 0.15) is 33.1 Å². The quantitative estimate of drug-likeness (QED) is 0.862. The number of H-pyrrole nitrogens is 1. The van der Waals surface area contributed by atoms with Crippen LogP contribution in [0.2, 0.25) is 0 Å².